The second kappa shape index (κ2) is 6.78. The molecule has 0 unspecified atom stereocenters. The standard InChI is InChI=1S/C20H23N3O3/c1-6-15-13(9-14(20(24)25)19(21-15)26-5)17-11(3)8-16-18(22-17)12(4)10-23(16)7-2/h8-10H,6-7H2,1-5H3,(H,24,25). The van der Waals surface area contributed by atoms with Gasteiger partial charge in [0.05, 0.1) is 29.5 Å². The average molecular weight is 353 g/mol. The Labute approximate surface area is 152 Å². The van der Waals surface area contributed by atoms with Crippen molar-refractivity contribution in [3.63, 3.8) is 0 Å². The molecule has 0 fully saturated rings. The van der Waals surface area contributed by atoms with E-state index in [1.807, 2.05) is 20.8 Å². The first-order valence-electron chi connectivity index (χ1n) is 8.69. The van der Waals surface area contributed by atoms with Gasteiger partial charge in [0, 0.05) is 18.3 Å². The summed E-state index contributed by atoms with van der Waals surface area (Å²) in [7, 11) is 1.43. The van der Waals surface area contributed by atoms with Gasteiger partial charge in [-0.25, -0.2) is 14.8 Å². The molecular formula is C20H23N3O3. The maximum absolute atomic E-state index is 11.6. The molecule has 1 N–H and O–H groups in total. The van der Waals surface area contributed by atoms with E-state index in [0.29, 0.717) is 6.42 Å². The fourth-order valence-corrected chi connectivity index (χ4v) is 3.32. The second-order valence-corrected chi connectivity index (χ2v) is 6.32. The highest BCUT2D eigenvalue weighted by atomic mass is 16.5. The van der Waals surface area contributed by atoms with Gasteiger partial charge in [-0.3, -0.25) is 0 Å². The number of methoxy groups -OCH3 is 1. The first-order valence-corrected chi connectivity index (χ1v) is 8.69. The fraction of sp³-hybridized carbons (Fsp3) is 0.350. The summed E-state index contributed by atoms with van der Waals surface area (Å²) in [6, 6.07) is 3.73. The first-order chi connectivity index (χ1) is 12.4. The smallest absolute Gasteiger partial charge is 0.341 e. The number of aromatic nitrogens is 3. The van der Waals surface area contributed by atoms with Crippen LogP contribution in [0.5, 0.6) is 5.88 Å². The van der Waals surface area contributed by atoms with Crippen molar-refractivity contribution in [2.45, 2.75) is 40.7 Å². The van der Waals surface area contributed by atoms with Crippen LogP contribution in [0.15, 0.2) is 18.3 Å². The van der Waals surface area contributed by atoms with Gasteiger partial charge in [0.2, 0.25) is 5.88 Å². The van der Waals surface area contributed by atoms with Gasteiger partial charge in [-0.1, -0.05) is 6.92 Å². The van der Waals surface area contributed by atoms with Crippen molar-refractivity contribution in [1.82, 2.24) is 14.5 Å². The molecule has 0 aliphatic heterocycles. The molecule has 0 bridgehead atoms. The number of nitrogens with zero attached hydrogens (tertiary/aromatic N) is 3. The SMILES string of the molecule is CCc1nc(OC)c(C(=O)O)cc1-c1nc2c(C)cn(CC)c2cc1C. The summed E-state index contributed by atoms with van der Waals surface area (Å²) in [6.45, 7) is 8.99. The largest absolute Gasteiger partial charge is 0.480 e. The Hall–Kier alpha value is -2.89. The fourth-order valence-electron chi connectivity index (χ4n) is 3.32. The Morgan fingerprint density at radius 1 is 1.19 bits per heavy atom. The van der Waals surface area contributed by atoms with Gasteiger partial charge in [0.25, 0.3) is 0 Å². The normalized spacial score (nSPS) is 11.1. The number of rotatable bonds is 5. The monoisotopic (exact) mass is 353 g/mol. The van der Waals surface area contributed by atoms with Crippen molar-refractivity contribution in [2.24, 2.45) is 0 Å². The van der Waals surface area contributed by atoms with E-state index in [2.05, 4.69) is 28.7 Å². The number of aromatic carboxylic acids is 1. The van der Waals surface area contributed by atoms with Crippen LogP contribution in [0, 0.1) is 13.8 Å². The molecule has 0 aliphatic rings. The molecule has 3 aromatic rings. The topological polar surface area (TPSA) is 77.2 Å². The lowest BCUT2D eigenvalue weighted by Gasteiger charge is -2.14. The number of hydrogen-bond acceptors (Lipinski definition) is 4. The zero-order valence-corrected chi connectivity index (χ0v) is 15.8. The van der Waals surface area contributed by atoms with Crippen LogP contribution in [0.2, 0.25) is 0 Å². The lowest BCUT2D eigenvalue weighted by atomic mass is 10.0. The maximum Gasteiger partial charge on any atom is 0.341 e. The van der Waals surface area contributed by atoms with Crippen LogP contribution in [-0.2, 0) is 13.0 Å². The summed E-state index contributed by atoms with van der Waals surface area (Å²) in [6.07, 6.45) is 2.75. The van der Waals surface area contributed by atoms with E-state index in [1.165, 1.54) is 7.11 Å². The highest BCUT2D eigenvalue weighted by Crippen LogP contribution is 2.32. The van der Waals surface area contributed by atoms with E-state index in [1.54, 1.807) is 6.07 Å². The quantitative estimate of drug-likeness (QED) is 0.750. The zero-order valence-electron chi connectivity index (χ0n) is 15.8. The van der Waals surface area contributed by atoms with Gasteiger partial charge in [-0.05, 0) is 50.5 Å². The molecule has 3 rings (SSSR count). The summed E-state index contributed by atoms with van der Waals surface area (Å²) in [5.74, 6) is -0.935. The van der Waals surface area contributed by atoms with Gasteiger partial charge in [0.15, 0.2) is 0 Å². The third-order valence-corrected chi connectivity index (χ3v) is 4.65. The summed E-state index contributed by atoms with van der Waals surface area (Å²) >= 11 is 0. The molecule has 3 heterocycles. The molecule has 0 spiro atoms. The number of fused-ring (bicyclic) bond motifs is 1. The molecule has 0 saturated carbocycles. The minimum absolute atomic E-state index is 0.0452. The van der Waals surface area contributed by atoms with Gasteiger partial charge in [-0.2, -0.15) is 0 Å². The van der Waals surface area contributed by atoms with Crippen molar-refractivity contribution < 1.29 is 14.6 Å². The van der Waals surface area contributed by atoms with Crippen molar-refractivity contribution in [3.05, 3.63) is 40.7 Å². The highest BCUT2D eigenvalue weighted by Gasteiger charge is 2.20. The number of aryl methyl sites for hydroxylation is 4. The Bertz CT molecular complexity index is 1010. The van der Waals surface area contributed by atoms with Gasteiger partial charge in [0.1, 0.15) is 5.56 Å². The summed E-state index contributed by atoms with van der Waals surface area (Å²) in [5.41, 5.74) is 6.44. The van der Waals surface area contributed by atoms with Crippen molar-refractivity contribution in [2.75, 3.05) is 7.11 Å². The van der Waals surface area contributed by atoms with E-state index in [-0.39, 0.29) is 11.4 Å². The van der Waals surface area contributed by atoms with Crippen molar-refractivity contribution in [3.8, 4) is 17.1 Å². The summed E-state index contributed by atoms with van der Waals surface area (Å²) in [5, 5.41) is 9.51. The minimum atomic E-state index is -1.06. The number of pyridine rings is 2. The minimum Gasteiger partial charge on any atom is -0.480 e. The summed E-state index contributed by atoms with van der Waals surface area (Å²) in [4.78, 5) is 20.9. The third-order valence-electron chi connectivity index (χ3n) is 4.65. The molecule has 136 valence electrons. The Balaban J connectivity index is 2.32. The van der Waals surface area contributed by atoms with Gasteiger partial charge >= 0.3 is 5.97 Å². The highest BCUT2D eigenvalue weighted by molar-refractivity contribution is 5.93. The van der Waals surface area contributed by atoms with Crippen LogP contribution in [0.4, 0.5) is 0 Å². The number of carboxylic acids is 1. The Morgan fingerprint density at radius 2 is 1.92 bits per heavy atom. The van der Waals surface area contributed by atoms with E-state index in [9.17, 15) is 9.90 Å². The molecule has 6 nitrogen and oxygen atoms in total. The number of hydrogen-bond donors (Lipinski definition) is 1. The van der Waals surface area contributed by atoms with Crippen LogP contribution >= 0.6 is 0 Å². The lowest BCUT2D eigenvalue weighted by molar-refractivity contribution is 0.0692. The van der Waals surface area contributed by atoms with Gasteiger partial charge < -0.3 is 14.4 Å². The van der Waals surface area contributed by atoms with Crippen LogP contribution in [0.3, 0.4) is 0 Å². The second-order valence-electron chi connectivity index (χ2n) is 6.32. The summed E-state index contributed by atoms with van der Waals surface area (Å²) < 4.78 is 7.33. The molecule has 0 aliphatic carbocycles. The van der Waals surface area contributed by atoms with Crippen LogP contribution in [-0.4, -0.2) is 32.7 Å². The molecule has 0 radical (unpaired) electrons. The number of carboxylic acid groups (broad SMARTS) is 1. The molecule has 0 saturated heterocycles. The van der Waals surface area contributed by atoms with E-state index in [0.717, 1.165) is 45.7 Å². The van der Waals surface area contributed by atoms with Gasteiger partial charge in [-0.15, -0.1) is 0 Å². The molecule has 0 aromatic carbocycles. The molecule has 3 aromatic heterocycles. The van der Waals surface area contributed by atoms with Crippen LogP contribution in [0.1, 0.15) is 41.0 Å². The van der Waals surface area contributed by atoms with Crippen LogP contribution < -0.4 is 4.74 Å². The molecule has 6 heteroatoms. The molecule has 0 amide bonds. The Morgan fingerprint density at radius 3 is 2.50 bits per heavy atom. The first kappa shape index (κ1) is 17.9. The Kier molecular flexibility index (Phi) is 4.68. The third kappa shape index (κ3) is 2.81. The average Bonchev–Trinajstić information content (AvgIpc) is 2.94. The molecular weight excluding hydrogens is 330 g/mol. The maximum atomic E-state index is 11.6. The predicted octanol–water partition coefficient (Wildman–Crippen LogP) is 4.00. The van der Waals surface area contributed by atoms with E-state index in [4.69, 9.17) is 9.72 Å². The van der Waals surface area contributed by atoms with E-state index >= 15 is 0 Å². The molecule has 0 atom stereocenters. The number of ether oxygens (including phenoxy) is 1. The van der Waals surface area contributed by atoms with Crippen LogP contribution in [0.25, 0.3) is 22.3 Å². The zero-order chi connectivity index (χ0) is 19.0. The van der Waals surface area contributed by atoms with Crippen molar-refractivity contribution in [1.29, 1.82) is 0 Å². The molecule has 26 heavy (non-hydrogen) atoms. The number of carbonyl (C=O) groups is 1. The van der Waals surface area contributed by atoms with Crippen molar-refractivity contribution >= 4 is 17.0 Å². The lowest BCUT2D eigenvalue weighted by Crippen LogP contribution is -2.07. The van der Waals surface area contributed by atoms with E-state index < -0.39 is 5.97 Å². The predicted molar refractivity (Wildman–Crippen MR) is 101 cm³/mol.